The van der Waals surface area contributed by atoms with Gasteiger partial charge in [-0.1, -0.05) is 41.9 Å². The highest BCUT2D eigenvalue weighted by molar-refractivity contribution is 5.49. The third kappa shape index (κ3) is 12.0. The fourth-order valence-electron chi connectivity index (χ4n) is 2.01. The van der Waals surface area contributed by atoms with Gasteiger partial charge in [0.25, 0.3) is 0 Å². The maximum Gasteiger partial charge on any atom is 0.120 e. The molecule has 0 rings (SSSR count). The molecule has 1 nitrogen and oxygen atoms in total. The molecule has 0 bridgehead atoms. The third-order valence-electron chi connectivity index (χ3n) is 3.51. The number of allylic oxidation sites excluding steroid dienone is 6. The molecular formula is C19H32O. The summed E-state index contributed by atoms with van der Waals surface area (Å²) in [4.78, 5) is 10.4. The van der Waals surface area contributed by atoms with E-state index in [-0.39, 0.29) is 0 Å². The lowest BCUT2D eigenvalue weighted by Gasteiger charge is -2.05. The maximum atomic E-state index is 10.4. The predicted octanol–water partition coefficient (Wildman–Crippen LogP) is 6.02. The second-order valence-corrected chi connectivity index (χ2v) is 6.21. The Hall–Kier alpha value is -1.11. The summed E-state index contributed by atoms with van der Waals surface area (Å²) in [6, 6.07) is 0. The average Bonchev–Trinajstić information content (AvgIpc) is 2.36. The van der Waals surface area contributed by atoms with Crippen molar-refractivity contribution in [2.45, 2.75) is 73.1 Å². The molecular weight excluding hydrogens is 244 g/mol. The van der Waals surface area contributed by atoms with Crippen LogP contribution in [0.3, 0.4) is 0 Å². The van der Waals surface area contributed by atoms with Crippen LogP contribution in [0.25, 0.3) is 0 Å². The first-order valence-electron chi connectivity index (χ1n) is 7.84. The molecule has 0 aromatic heterocycles. The smallest absolute Gasteiger partial charge is 0.120 e. The summed E-state index contributed by atoms with van der Waals surface area (Å²) in [5.41, 5.74) is 4.31. The predicted molar refractivity (Wildman–Crippen MR) is 89.9 cm³/mol. The van der Waals surface area contributed by atoms with Crippen LogP contribution in [0.5, 0.6) is 0 Å². The number of rotatable bonds is 10. The standard InChI is InChI=1S/C19H32O/c1-16(2)8-6-9-17(3)12-13-18(4)10-7-11-19(5)14-15-20/h8,10,12,15,19H,6-7,9,11,13-14H2,1-5H3. The second-order valence-electron chi connectivity index (χ2n) is 6.21. The van der Waals surface area contributed by atoms with Gasteiger partial charge in [-0.3, -0.25) is 0 Å². The summed E-state index contributed by atoms with van der Waals surface area (Å²) in [6.07, 6.45) is 14.3. The van der Waals surface area contributed by atoms with Crippen molar-refractivity contribution in [1.29, 1.82) is 0 Å². The van der Waals surface area contributed by atoms with Crippen molar-refractivity contribution in [3.63, 3.8) is 0 Å². The zero-order chi connectivity index (χ0) is 15.4. The van der Waals surface area contributed by atoms with Gasteiger partial charge in [0, 0.05) is 6.42 Å². The van der Waals surface area contributed by atoms with E-state index in [4.69, 9.17) is 0 Å². The lowest BCUT2D eigenvalue weighted by molar-refractivity contribution is -0.108. The van der Waals surface area contributed by atoms with Gasteiger partial charge in [-0.05, 0) is 65.7 Å². The SMILES string of the molecule is CC(C)=CCCC(C)=CCC(C)=CCCC(C)CC=O. The van der Waals surface area contributed by atoms with Crippen LogP contribution in [-0.2, 0) is 4.79 Å². The van der Waals surface area contributed by atoms with Crippen LogP contribution in [0.2, 0.25) is 0 Å². The van der Waals surface area contributed by atoms with Gasteiger partial charge in [-0.25, -0.2) is 0 Å². The van der Waals surface area contributed by atoms with Gasteiger partial charge in [0.2, 0.25) is 0 Å². The summed E-state index contributed by atoms with van der Waals surface area (Å²) >= 11 is 0. The topological polar surface area (TPSA) is 17.1 Å². The summed E-state index contributed by atoms with van der Waals surface area (Å²) < 4.78 is 0. The molecule has 0 N–H and O–H groups in total. The van der Waals surface area contributed by atoms with Gasteiger partial charge in [0.1, 0.15) is 6.29 Å². The van der Waals surface area contributed by atoms with E-state index >= 15 is 0 Å². The first kappa shape index (κ1) is 18.9. The zero-order valence-corrected chi connectivity index (χ0v) is 14.0. The normalized spacial score (nSPS) is 14.1. The molecule has 0 fully saturated rings. The Labute approximate surface area is 125 Å². The molecule has 0 aromatic carbocycles. The van der Waals surface area contributed by atoms with Crippen LogP contribution in [0.1, 0.15) is 73.1 Å². The number of hydrogen-bond acceptors (Lipinski definition) is 1. The molecule has 0 saturated heterocycles. The van der Waals surface area contributed by atoms with E-state index in [0.717, 1.165) is 38.4 Å². The third-order valence-corrected chi connectivity index (χ3v) is 3.51. The van der Waals surface area contributed by atoms with E-state index in [2.05, 4.69) is 52.8 Å². The fraction of sp³-hybridized carbons (Fsp3) is 0.632. The second kappa shape index (κ2) is 11.7. The van der Waals surface area contributed by atoms with E-state index in [0.29, 0.717) is 12.3 Å². The molecule has 114 valence electrons. The molecule has 0 radical (unpaired) electrons. The number of carbonyl (C=O) groups is 1. The Morgan fingerprint density at radius 3 is 2.25 bits per heavy atom. The van der Waals surface area contributed by atoms with Crippen molar-refractivity contribution in [2.24, 2.45) is 5.92 Å². The quantitative estimate of drug-likeness (QED) is 0.352. The highest BCUT2D eigenvalue weighted by Crippen LogP contribution is 2.14. The molecule has 1 atom stereocenters. The Kier molecular flexibility index (Phi) is 11.0. The Bertz CT molecular complexity index is 354. The Morgan fingerprint density at radius 1 is 0.950 bits per heavy atom. The lowest BCUT2D eigenvalue weighted by atomic mass is 10.0. The van der Waals surface area contributed by atoms with Gasteiger partial charge < -0.3 is 4.79 Å². The Balaban J connectivity index is 3.97. The minimum absolute atomic E-state index is 0.512. The summed E-state index contributed by atoms with van der Waals surface area (Å²) in [5, 5.41) is 0. The van der Waals surface area contributed by atoms with Gasteiger partial charge in [-0.2, -0.15) is 0 Å². The first-order valence-corrected chi connectivity index (χ1v) is 7.84. The van der Waals surface area contributed by atoms with Gasteiger partial charge in [0.15, 0.2) is 0 Å². The minimum atomic E-state index is 0.512. The largest absolute Gasteiger partial charge is 0.303 e. The van der Waals surface area contributed by atoms with Crippen molar-refractivity contribution in [1.82, 2.24) is 0 Å². The van der Waals surface area contributed by atoms with E-state index < -0.39 is 0 Å². The van der Waals surface area contributed by atoms with E-state index in [1.165, 1.54) is 16.7 Å². The van der Waals surface area contributed by atoms with Crippen LogP contribution in [-0.4, -0.2) is 6.29 Å². The van der Waals surface area contributed by atoms with E-state index in [1.807, 2.05) is 0 Å². The van der Waals surface area contributed by atoms with E-state index in [9.17, 15) is 4.79 Å². The van der Waals surface area contributed by atoms with Crippen LogP contribution >= 0.6 is 0 Å². The Morgan fingerprint density at radius 2 is 1.65 bits per heavy atom. The average molecular weight is 276 g/mol. The van der Waals surface area contributed by atoms with Crippen molar-refractivity contribution in [2.75, 3.05) is 0 Å². The molecule has 0 aromatic rings. The summed E-state index contributed by atoms with van der Waals surface area (Å²) in [6.45, 7) is 10.9. The fourth-order valence-corrected chi connectivity index (χ4v) is 2.01. The molecule has 20 heavy (non-hydrogen) atoms. The number of carbonyl (C=O) groups excluding carboxylic acids is 1. The van der Waals surface area contributed by atoms with Gasteiger partial charge in [0.05, 0.1) is 0 Å². The van der Waals surface area contributed by atoms with Gasteiger partial charge in [-0.15, -0.1) is 0 Å². The van der Waals surface area contributed by atoms with Crippen molar-refractivity contribution < 1.29 is 4.79 Å². The van der Waals surface area contributed by atoms with E-state index in [1.54, 1.807) is 0 Å². The van der Waals surface area contributed by atoms with Gasteiger partial charge >= 0.3 is 0 Å². The molecule has 0 saturated carbocycles. The lowest BCUT2D eigenvalue weighted by Crippen LogP contribution is -1.94. The minimum Gasteiger partial charge on any atom is -0.303 e. The molecule has 1 unspecified atom stereocenters. The summed E-state index contributed by atoms with van der Waals surface area (Å²) in [7, 11) is 0. The summed E-state index contributed by atoms with van der Waals surface area (Å²) in [5.74, 6) is 0.512. The van der Waals surface area contributed by atoms with Crippen LogP contribution in [0, 0.1) is 5.92 Å². The molecule has 0 amide bonds. The molecule has 1 heteroatoms. The van der Waals surface area contributed by atoms with Crippen molar-refractivity contribution in [3.05, 3.63) is 34.9 Å². The van der Waals surface area contributed by atoms with Crippen LogP contribution in [0.15, 0.2) is 34.9 Å². The molecule has 0 aliphatic rings. The molecule has 0 spiro atoms. The van der Waals surface area contributed by atoms with Crippen LogP contribution < -0.4 is 0 Å². The number of aldehydes is 1. The highest BCUT2D eigenvalue weighted by atomic mass is 16.1. The highest BCUT2D eigenvalue weighted by Gasteiger charge is 1.99. The molecule has 0 aliphatic carbocycles. The van der Waals surface area contributed by atoms with Crippen molar-refractivity contribution >= 4 is 6.29 Å². The molecule has 0 aliphatic heterocycles. The van der Waals surface area contributed by atoms with Crippen LogP contribution in [0.4, 0.5) is 0 Å². The molecule has 0 heterocycles. The maximum absolute atomic E-state index is 10.4. The number of hydrogen-bond donors (Lipinski definition) is 0. The first-order chi connectivity index (χ1) is 9.45. The van der Waals surface area contributed by atoms with Crippen molar-refractivity contribution in [3.8, 4) is 0 Å². The monoisotopic (exact) mass is 276 g/mol. The zero-order valence-electron chi connectivity index (χ0n) is 14.0.